The summed E-state index contributed by atoms with van der Waals surface area (Å²) in [7, 11) is 0. The van der Waals surface area contributed by atoms with Gasteiger partial charge in [-0.05, 0) is 23.8 Å². The lowest BCUT2D eigenvalue weighted by atomic mass is 10.2. The second-order valence-corrected chi connectivity index (χ2v) is 6.21. The fraction of sp³-hybridized carbons (Fsp3) is 0. The molecule has 4 rings (SSSR count). The minimum atomic E-state index is 0.741. The second-order valence-electron chi connectivity index (χ2n) is 4.75. The van der Waals surface area contributed by atoms with Crippen LogP contribution in [0.15, 0.2) is 67.8 Å². The summed E-state index contributed by atoms with van der Waals surface area (Å²) >= 11 is 7.68. The number of rotatable bonds is 3. The summed E-state index contributed by atoms with van der Waals surface area (Å²) in [5.74, 6) is 0. The Morgan fingerprint density at radius 3 is 2.23 bits per heavy atom. The van der Waals surface area contributed by atoms with Gasteiger partial charge in [0.05, 0.1) is 18.3 Å². The highest BCUT2D eigenvalue weighted by Crippen LogP contribution is 2.36. The summed E-state index contributed by atoms with van der Waals surface area (Å²) in [6.07, 6.45) is 11.0. The Hall–Kier alpha value is -2.37. The molecule has 3 heterocycles. The van der Waals surface area contributed by atoms with Crippen molar-refractivity contribution in [1.29, 1.82) is 0 Å². The number of hydrogen-bond donors (Lipinski definition) is 0. The molecule has 3 aromatic heterocycles. The van der Waals surface area contributed by atoms with E-state index in [9.17, 15) is 0 Å². The van der Waals surface area contributed by atoms with Crippen molar-refractivity contribution in [2.45, 2.75) is 0 Å². The largest absolute Gasteiger partial charge is 0.303 e. The molecule has 0 saturated carbocycles. The van der Waals surface area contributed by atoms with Crippen LogP contribution in [0.25, 0.3) is 21.1 Å². The Morgan fingerprint density at radius 2 is 1.59 bits per heavy atom. The zero-order valence-corrected chi connectivity index (χ0v) is 13.0. The first-order chi connectivity index (χ1) is 10.8. The number of imidazole rings is 2. The number of aromatic nitrogens is 4. The van der Waals surface area contributed by atoms with E-state index in [2.05, 4.69) is 16.0 Å². The summed E-state index contributed by atoms with van der Waals surface area (Å²) in [5, 5.41) is 1.84. The molecule has 0 fully saturated rings. The van der Waals surface area contributed by atoms with Gasteiger partial charge < -0.3 is 4.57 Å². The molecule has 0 aliphatic carbocycles. The van der Waals surface area contributed by atoms with Crippen LogP contribution in [0.4, 0.5) is 0 Å². The molecule has 6 heteroatoms. The summed E-state index contributed by atoms with van der Waals surface area (Å²) in [6, 6.07) is 10.0. The summed E-state index contributed by atoms with van der Waals surface area (Å²) < 4.78 is 4.02. The molecular weight excluding hydrogens is 316 g/mol. The van der Waals surface area contributed by atoms with Gasteiger partial charge in [0.2, 0.25) is 0 Å². The molecule has 0 bridgehead atoms. The highest BCUT2D eigenvalue weighted by molar-refractivity contribution is 7.18. The minimum Gasteiger partial charge on any atom is -0.303 e. The van der Waals surface area contributed by atoms with E-state index in [1.165, 1.54) is 4.88 Å². The monoisotopic (exact) mass is 326 g/mol. The number of hydrogen-bond acceptors (Lipinski definition) is 3. The van der Waals surface area contributed by atoms with E-state index >= 15 is 0 Å². The van der Waals surface area contributed by atoms with Crippen molar-refractivity contribution in [3.63, 3.8) is 0 Å². The Balaban J connectivity index is 1.88. The van der Waals surface area contributed by atoms with E-state index in [1.807, 2.05) is 45.8 Å². The molecule has 22 heavy (non-hydrogen) atoms. The van der Waals surface area contributed by atoms with Gasteiger partial charge in [-0.25, -0.2) is 9.97 Å². The van der Waals surface area contributed by atoms with E-state index in [1.54, 1.807) is 36.4 Å². The van der Waals surface area contributed by atoms with E-state index in [0.717, 1.165) is 21.3 Å². The summed E-state index contributed by atoms with van der Waals surface area (Å²) in [4.78, 5) is 9.45. The van der Waals surface area contributed by atoms with Crippen LogP contribution in [0.5, 0.6) is 0 Å². The average Bonchev–Trinajstić information content (AvgIpc) is 3.27. The maximum atomic E-state index is 5.98. The van der Waals surface area contributed by atoms with E-state index < -0.39 is 0 Å². The quantitative estimate of drug-likeness (QED) is 0.558. The van der Waals surface area contributed by atoms with Crippen LogP contribution in [0.2, 0.25) is 5.02 Å². The maximum Gasteiger partial charge on any atom is 0.125 e. The zero-order valence-electron chi connectivity index (χ0n) is 11.4. The molecule has 4 nitrogen and oxygen atoms in total. The predicted molar refractivity (Wildman–Crippen MR) is 89.0 cm³/mol. The van der Waals surface area contributed by atoms with Crippen molar-refractivity contribution in [2.24, 2.45) is 0 Å². The second kappa shape index (κ2) is 5.44. The SMILES string of the molecule is Clc1ccc(-c2cc(-n3ccnc3)c(-n3ccnc3)s2)cc1. The third-order valence-electron chi connectivity index (χ3n) is 3.34. The normalized spacial score (nSPS) is 11.0. The topological polar surface area (TPSA) is 35.6 Å². The predicted octanol–water partition coefficient (Wildman–Crippen LogP) is 4.44. The molecule has 0 N–H and O–H groups in total. The molecule has 0 amide bonds. The summed E-state index contributed by atoms with van der Waals surface area (Å²) in [6.45, 7) is 0. The first-order valence-electron chi connectivity index (χ1n) is 6.68. The van der Waals surface area contributed by atoms with Crippen LogP contribution in [0.3, 0.4) is 0 Å². The Labute approximate surface area is 136 Å². The first-order valence-corrected chi connectivity index (χ1v) is 7.87. The number of benzene rings is 1. The van der Waals surface area contributed by atoms with Crippen molar-refractivity contribution in [1.82, 2.24) is 19.1 Å². The van der Waals surface area contributed by atoms with Gasteiger partial charge in [0, 0.05) is 34.7 Å². The third-order valence-corrected chi connectivity index (χ3v) is 4.78. The molecule has 0 unspecified atom stereocenters. The van der Waals surface area contributed by atoms with Crippen LogP contribution < -0.4 is 0 Å². The summed E-state index contributed by atoms with van der Waals surface area (Å²) in [5.41, 5.74) is 2.22. The maximum absolute atomic E-state index is 5.98. The smallest absolute Gasteiger partial charge is 0.125 e. The average molecular weight is 327 g/mol. The molecule has 108 valence electrons. The lowest BCUT2D eigenvalue weighted by molar-refractivity contribution is 1.01. The van der Waals surface area contributed by atoms with E-state index in [0.29, 0.717) is 0 Å². The highest BCUT2D eigenvalue weighted by Gasteiger charge is 2.13. The number of halogens is 1. The van der Waals surface area contributed by atoms with Crippen LogP contribution in [0.1, 0.15) is 0 Å². The Bertz CT molecular complexity index is 825. The van der Waals surface area contributed by atoms with Crippen molar-refractivity contribution < 1.29 is 0 Å². The molecule has 4 aromatic rings. The zero-order chi connectivity index (χ0) is 14.9. The van der Waals surface area contributed by atoms with E-state index in [4.69, 9.17) is 11.6 Å². The van der Waals surface area contributed by atoms with Gasteiger partial charge in [0.25, 0.3) is 0 Å². The van der Waals surface area contributed by atoms with Gasteiger partial charge in [0.15, 0.2) is 0 Å². The molecule has 0 saturated heterocycles. The van der Waals surface area contributed by atoms with Crippen molar-refractivity contribution in [2.75, 3.05) is 0 Å². The molecule has 0 spiro atoms. The molecule has 0 aliphatic heterocycles. The Morgan fingerprint density at radius 1 is 0.909 bits per heavy atom. The number of nitrogens with zero attached hydrogens (tertiary/aromatic N) is 4. The molecule has 0 radical (unpaired) electrons. The van der Waals surface area contributed by atoms with Gasteiger partial charge in [-0.15, -0.1) is 11.3 Å². The Kier molecular flexibility index (Phi) is 3.29. The van der Waals surface area contributed by atoms with Gasteiger partial charge in [-0.1, -0.05) is 23.7 Å². The van der Waals surface area contributed by atoms with Crippen LogP contribution in [-0.4, -0.2) is 19.1 Å². The minimum absolute atomic E-state index is 0.741. The highest BCUT2D eigenvalue weighted by atomic mass is 35.5. The molecule has 0 atom stereocenters. The van der Waals surface area contributed by atoms with Crippen LogP contribution in [-0.2, 0) is 0 Å². The first kappa shape index (κ1) is 13.3. The lowest BCUT2D eigenvalue weighted by Crippen LogP contribution is -1.95. The van der Waals surface area contributed by atoms with Gasteiger partial charge in [0.1, 0.15) is 5.00 Å². The van der Waals surface area contributed by atoms with E-state index in [-0.39, 0.29) is 0 Å². The van der Waals surface area contributed by atoms with Crippen molar-refractivity contribution >= 4 is 22.9 Å². The van der Waals surface area contributed by atoms with Gasteiger partial charge >= 0.3 is 0 Å². The van der Waals surface area contributed by atoms with Crippen molar-refractivity contribution in [3.8, 4) is 21.1 Å². The molecular formula is C16H11ClN4S. The molecule has 0 aliphatic rings. The third kappa shape index (κ3) is 2.34. The standard InChI is InChI=1S/C16H11ClN4S/c17-13-3-1-12(2-4-13)15-9-14(20-7-5-18-10-20)16(22-15)21-8-6-19-11-21/h1-11H. The van der Waals surface area contributed by atoms with Crippen LogP contribution in [0, 0.1) is 0 Å². The van der Waals surface area contributed by atoms with Gasteiger partial charge in [-0.3, -0.25) is 4.57 Å². The number of thiophene rings is 1. The van der Waals surface area contributed by atoms with Crippen molar-refractivity contribution in [3.05, 3.63) is 72.8 Å². The van der Waals surface area contributed by atoms with Crippen LogP contribution >= 0.6 is 22.9 Å². The fourth-order valence-electron chi connectivity index (χ4n) is 2.28. The molecule has 1 aromatic carbocycles. The lowest BCUT2D eigenvalue weighted by Gasteiger charge is -2.03. The van der Waals surface area contributed by atoms with Gasteiger partial charge in [-0.2, -0.15) is 0 Å². The fourth-order valence-corrected chi connectivity index (χ4v) is 3.52.